The second kappa shape index (κ2) is 4.94. The Morgan fingerprint density at radius 1 is 1.54 bits per heavy atom. The van der Waals surface area contributed by atoms with Gasteiger partial charge in [-0.3, -0.25) is 4.90 Å². The summed E-state index contributed by atoms with van der Waals surface area (Å²) in [6.45, 7) is 8.77. The largest absolute Gasteiger partial charge is 0.329 e. The van der Waals surface area contributed by atoms with Gasteiger partial charge in [0, 0.05) is 31.7 Å². The van der Waals surface area contributed by atoms with Crippen molar-refractivity contribution in [2.45, 2.75) is 32.4 Å². The molecule has 0 bridgehead atoms. The quantitative estimate of drug-likeness (QED) is 0.686. The molecule has 1 rings (SSSR count). The fourth-order valence-electron chi connectivity index (χ4n) is 2.19. The van der Waals surface area contributed by atoms with Crippen molar-refractivity contribution in [2.24, 2.45) is 5.73 Å². The monoisotopic (exact) mass is 185 g/mol. The van der Waals surface area contributed by atoms with Gasteiger partial charge in [-0.15, -0.1) is 0 Å². The highest BCUT2D eigenvalue weighted by Gasteiger charge is 2.26. The van der Waals surface area contributed by atoms with Crippen LogP contribution in [-0.4, -0.2) is 55.1 Å². The van der Waals surface area contributed by atoms with Gasteiger partial charge in [-0.2, -0.15) is 0 Å². The van der Waals surface area contributed by atoms with Gasteiger partial charge in [-0.1, -0.05) is 0 Å². The number of likely N-dealkylation sites (tertiary alicyclic amines) is 1. The molecular formula is C10H23N3. The van der Waals surface area contributed by atoms with Gasteiger partial charge in [0.15, 0.2) is 0 Å². The van der Waals surface area contributed by atoms with Crippen LogP contribution in [0.2, 0.25) is 0 Å². The summed E-state index contributed by atoms with van der Waals surface area (Å²) in [6.07, 6.45) is 1.30. The van der Waals surface area contributed by atoms with Crippen LogP contribution in [0.3, 0.4) is 0 Å². The summed E-state index contributed by atoms with van der Waals surface area (Å²) in [5.74, 6) is 0. The van der Waals surface area contributed by atoms with Crippen LogP contribution in [0, 0.1) is 0 Å². The number of hydrogen-bond donors (Lipinski definition) is 1. The van der Waals surface area contributed by atoms with Crippen molar-refractivity contribution in [1.82, 2.24) is 9.80 Å². The zero-order valence-electron chi connectivity index (χ0n) is 9.16. The topological polar surface area (TPSA) is 32.5 Å². The van der Waals surface area contributed by atoms with Crippen LogP contribution in [0.15, 0.2) is 0 Å². The Morgan fingerprint density at radius 3 is 2.62 bits per heavy atom. The molecule has 0 aliphatic carbocycles. The summed E-state index contributed by atoms with van der Waals surface area (Å²) in [4.78, 5) is 4.93. The number of rotatable bonds is 4. The van der Waals surface area contributed by atoms with Crippen LogP contribution in [0.1, 0.15) is 20.3 Å². The number of nitrogens with two attached hydrogens (primary N) is 1. The Kier molecular flexibility index (Phi) is 4.16. The lowest BCUT2D eigenvalue weighted by molar-refractivity contribution is 0.160. The van der Waals surface area contributed by atoms with Gasteiger partial charge < -0.3 is 10.6 Å². The summed E-state index contributed by atoms with van der Waals surface area (Å²) in [7, 11) is 2.20. The van der Waals surface area contributed by atoms with E-state index in [1.54, 1.807) is 0 Å². The number of likely N-dealkylation sites (N-methyl/N-ethyl adjacent to an activating group) is 1. The van der Waals surface area contributed by atoms with E-state index in [2.05, 4.69) is 30.7 Å². The molecule has 1 heterocycles. The van der Waals surface area contributed by atoms with E-state index in [1.807, 2.05) is 0 Å². The van der Waals surface area contributed by atoms with Crippen molar-refractivity contribution in [3.63, 3.8) is 0 Å². The van der Waals surface area contributed by atoms with Crippen molar-refractivity contribution in [3.05, 3.63) is 0 Å². The first-order valence-electron chi connectivity index (χ1n) is 5.29. The van der Waals surface area contributed by atoms with Gasteiger partial charge in [-0.25, -0.2) is 0 Å². The number of hydrogen-bond acceptors (Lipinski definition) is 3. The van der Waals surface area contributed by atoms with E-state index in [0.29, 0.717) is 6.04 Å². The second-order valence-electron chi connectivity index (χ2n) is 4.32. The van der Waals surface area contributed by atoms with Crippen molar-refractivity contribution < 1.29 is 0 Å². The Balaban J connectivity index is 2.44. The van der Waals surface area contributed by atoms with E-state index in [1.165, 1.54) is 19.5 Å². The first-order chi connectivity index (χ1) is 6.15. The fourth-order valence-corrected chi connectivity index (χ4v) is 2.19. The van der Waals surface area contributed by atoms with E-state index in [4.69, 9.17) is 5.73 Å². The second-order valence-corrected chi connectivity index (χ2v) is 4.32. The van der Waals surface area contributed by atoms with E-state index < -0.39 is 0 Å². The van der Waals surface area contributed by atoms with Gasteiger partial charge in [0.25, 0.3) is 0 Å². The molecule has 1 aliphatic heterocycles. The molecule has 1 unspecified atom stereocenters. The Bertz CT molecular complexity index is 147. The summed E-state index contributed by atoms with van der Waals surface area (Å²) in [6, 6.07) is 1.36. The molecule has 1 saturated heterocycles. The van der Waals surface area contributed by atoms with Crippen molar-refractivity contribution in [1.29, 1.82) is 0 Å². The van der Waals surface area contributed by atoms with Crippen molar-refractivity contribution >= 4 is 0 Å². The number of nitrogens with zero attached hydrogens (tertiary/aromatic N) is 2. The SMILES string of the molecule is CC(C)N(CCN)C1CCN(C)C1. The molecular weight excluding hydrogens is 162 g/mol. The van der Waals surface area contributed by atoms with Crippen LogP contribution in [0.4, 0.5) is 0 Å². The molecule has 1 fully saturated rings. The highest BCUT2D eigenvalue weighted by Crippen LogP contribution is 2.15. The summed E-state index contributed by atoms with van der Waals surface area (Å²) >= 11 is 0. The molecule has 3 heteroatoms. The molecule has 0 radical (unpaired) electrons. The normalized spacial score (nSPS) is 24.9. The average molecular weight is 185 g/mol. The first-order valence-corrected chi connectivity index (χ1v) is 5.29. The third kappa shape index (κ3) is 2.93. The molecule has 0 spiro atoms. The molecule has 3 nitrogen and oxygen atoms in total. The molecule has 1 atom stereocenters. The lowest BCUT2D eigenvalue weighted by Gasteiger charge is -2.32. The third-order valence-corrected chi connectivity index (χ3v) is 2.89. The van der Waals surface area contributed by atoms with E-state index in [0.717, 1.165) is 19.1 Å². The maximum Gasteiger partial charge on any atom is 0.0238 e. The lowest BCUT2D eigenvalue weighted by atomic mass is 10.2. The predicted molar refractivity (Wildman–Crippen MR) is 56.8 cm³/mol. The zero-order chi connectivity index (χ0) is 9.84. The molecule has 0 saturated carbocycles. The first kappa shape index (κ1) is 11.0. The third-order valence-electron chi connectivity index (χ3n) is 2.89. The van der Waals surface area contributed by atoms with Gasteiger partial charge in [0.1, 0.15) is 0 Å². The summed E-state index contributed by atoms with van der Waals surface area (Å²) in [5.41, 5.74) is 5.61. The molecule has 1 aliphatic rings. The van der Waals surface area contributed by atoms with Gasteiger partial charge in [-0.05, 0) is 33.9 Å². The maximum atomic E-state index is 5.61. The highest BCUT2D eigenvalue weighted by molar-refractivity contribution is 4.83. The van der Waals surface area contributed by atoms with Crippen LogP contribution < -0.4 is 5.73 Å². The van der Waals surface area contributed by atoms with E-state index in [-0.39, 0.29) is 0 Å². The standard InChI is InChI=1S/C10H23N3/c1-9(2)13(7-5-11)10-4-6-12(3)8-10/h9-10H,4-8,11H2,1-3H3. The van der Waals surface area contributed by atoms with Crippen molar-refractivity contribution in [3.8, 4) is 0 Å². The lowest BCUT2D eigenvalue weighted by Crippen LogP contribution is -2.44. The van der Waals surface area contributed by atoms with Crippen LogP contribution in [0.5, 0.6) is 0 Å². The van der Waals surface area contributed by atoms with Crippen LogP contribution >= 0.6 is 0 Å². The smallest absolute Gasteiger partial charge is 0.0238 e. The summed E-state index contributed by atoms with van der Waals surface area (Å²) < 4.78 is 0. The Labute approximate surface area is 81.9 Å². The highest BCUT2D eigenvalue weighted by atomic mass is 15.3. The minimum atomic E-state index is 0.625. The van der Waals surface area contributed by atoms with E-state index in [9.17, 15) is 0 Å². The fraction of sp³-hybridized carbons (Fsp3) is 1.00. The predicted octanol–water partition coefficient (Wildman–Crippen LogP) is 0.360. The maximum absolute atomic E-state index is 5.61. The Morgan fingerprint density at radius 2 is 2.23 bits per heavy atom. The van der Waals surface area contributed by atoms with E-state index >= 15 is 0 Å². The summed E-state index contributed by atoms with van der Waals surface area (Å²) in [5, 5.41) is 0. The molecule has 2 N–H and O–H groups in total. The molecule has 78 valence electrons. The zero-order valence-corrected chi connectivity index (χ0v) is 9.16. The van der Waals surface area contributed by atoms with Crippen LogP contribution in [0.25, 0.3) is 0 Å². The minimum absolute atomic E-state index is 0.625. The van der Waals surface area contributed by atoms with Crippen molar-refractivity contribution in [2.75, 3.05) is 33.2 Å². The van der Waals surface area contributed by atoms with Gasteiger partial charge >= 0.3 is 0 Å². The Hall–Kier alpha value is -0.120. The average Bonchev–Trinajstić information content (AvgIpc) is 2.46. The molecule has 0 aromatic carbocycles. The molecule has 13 heavy (non-hydrogen) atoms. The van der Waals surface area contributed by atoms with Gasteiger partial charge in [0.05, 0.1) is 0 Å². The molecule has 0 aromatic heterocycles. The molecule has 0 amide bonds. The van der Waals surface area contributed by atoms with Crippen LogP contribution in [-0.2, 0) is 0 Å². The van der Waals surface area contributed by atoms with Gasteiger partial charge in [0.2, 0.25) is 0 Å². The minimum Gasteiger partial charge on any atom is -0.329 e. The molecule has 0 aromatic rings.